The van der Waals surface area contributed by atoms with Crippen LogP contribution in [-0.2, 0) is 10.0 Å². The second-order valence-electron chi connectivity index (χ2n) is 8.30. The van der Waals surface area contributed by atoms with Crippen molar-refractivity contribution in [3.8, 4) is 0 Å². The van der Waals surface area contributed by atoms with Crippen LogP contribution in [-0.4, -0.2) is 58.5 Å². The second kappa shape index (κ2) is 7.86. The molecule has 5 aromatic rings. The summed E-state index contributed by atoms with van der Waals surface area (Å²) in [7, 11) is -3.75. The molecule has 1 fully saturated rings. The molecule has 172 valence electrons. The number of carbonyl (C=O) groups is 1. The third kappa shape index (κ3) is 3.21. The Balaban J connectivity index is 1.26. The Hall–Kier alpha value is -3.34. The van der Waals surface area contributed by atoms with Crippen LogP contribution < -0.4 is 0 Å². The predicted molar refractivity (Wildman–Crippen MR) is 131 cm³/mol. The highest BCUT2D eigenvalue weighted by Gasteiger charge is 2.33. The number of sulfonamides is 1. The van der Waals surface area contributed by atoms with Crippen molar-refractivity contribution in [2.75, 3.05) is 26.2 Å². The Labute approximate surface area is 199 Å². The lowest BCUT2D eigenvalue weighted by atomic mass is 10.1. The van der Waals surface area contributed by atoms with E-state index in [1.807, 2.05) is 43.3 Å². The van der Waals surface area contributed by atoms with Gasteiger partial charge in [-0.1, -0.05) is 42.5 Å². The quantitative estimate of drug-likeness (QED) is 0.377. The van der Waals surface area contributed by atoms with Crippen LogP contribution in [0.1, 0.15) is 16.1 Å². The first-order valence-electron chi connectivity index (χ1n) is 10.9. The topological polar surface area (TPSA) is 96.6 Å². The van der Waals surface area contributed by atoms with Gasteiger partial charge in [-0.25, -0.2) is 8.42 Å². The Bertz CT molecular complexity index is 1680. The molecule has 0 N–H and O–H groups in total. The minimum atomic E-state index is -3.75. The molecule has 0 aliphatic carbocycles. The summed E-state index contributed by atoms with van der Waals surface area (Å²) in [5, 5.41) is 2.92. The van der Waals surface area contributed by atoms with Crippen molar-refractivity contribution in [2.45, 2.75) is 11.8 Å². The van der Waals surface area contributed by atoms with E-state index in [9.17, 15) is 13.2 Å². The molecular weight excluding hydrogens is 472 g/mol. The van der Waals surface area contributed by atoms with Gasteiger partial charge in [-0.05, 0) is 24.4 Å². The normalized spacial score (nSPS) is 15.5. The van der Waals surface area contributed by atoms with Gasteiger partial charge in [-0.3, -0.25) is 4.79 Å². The Morgan fingerprint density at radius 1 is 0.941 bits per heavy atom. The predicted octanol–water partition coefficient (Wildman–Crippen LogP) is 4.05. The summed E-state index contributed by atoms with van der Waals surface area (Å²) >= 11 is 0.989. The van der Waals surface area contributed by atoms with Gasteiger partial charge < -0.3 is 9.32 Å². The zero-order chi connectivity index (χ0) is 23.4. The number of nitrogens with zero attached hydrogens (tertiary/aromatic N) is 4. The summed E-state index contributed by atoms with van der Waals surface area (Å²) in [5.41, 5.74) is 2.44. The number of fused-ring (bicyclic) bond motifs is 4. The minimum Gasteiger partial charge on any atom is -0.450 e. The van der Waals surface area contributed by atoms with E-state index in [1.165, 1.54) is 4.31 Å². The van der Waals surface area contributed by atoms with Crippen LogP contribution in [0.15, 0.2) is 63.9 Å². The first-order valence-corrected chi connectivity index (χ1v) is 13.0. The third-order valence-corrected chi connectivity index (χ3v) is 8.89. The van der Waals surface area contributed by atoms with E-state index in [2.05, 4.69) is 8.75 Å². The van der Waals surface area contributed by atoms with Crippen LogP contribution in [0.25, 0.3) is 32.8 Å². The van der Waals surface area contributed by atoms with Crippen LogP contribution in [0, 0.1) is 6.92 Å². The lowest BCUT2D eigenvalue weighted by Gasteiger charge is -2.33. The number of rotatable bonds is 3. The number of aryl methyl sites for hydroxylation is 1. The molecule has 3 aromatic carbocycles. The van der Waals surface area contributed by atoms with Gasteiger partial charge in [-0.15, -0.1) is 0 Å². The molecule has 34 heavy (non-hydrogen) atoms. The lowest BCUT2D eigenvalue weighted by molar-refractivity contribution is 0.0667. The first kappa shape index (κ1) is 21.2. The van der Waals surface area contributed by atoms with Crippen molar-refractivity contribution in [3.63, 3.8) is 0 Å². The van der Waals surface area contributed by atoms with Gasteiger partial charge in [0.1, 0.15) is 21.5 Å². The molecule has 1 amide bonds. The molecule has 10 heteroatoms. The second-order valence-corrected chi connectivity index (χ2v) is 10.7. The van der Waals surface area contributed by atoms with Crippen LogP contribution in [0.4, 0.5) is 0 Å². The van der Waals surface area contributed by atoms with Crippen molar-refractivity contribution in [3.05, 3.63) is 65.9 Å². The van der Waals surface area contributed by atoms with Crippen LogP contribution in [0.5, 0.6) is 0 Å². The number of piperazine rings is 1. The van der Waals surface area contributed by atoms with Crippen LogP contribution in [0.3, 0.4) is 0 Å². The average Bonchev–Trinajstić information content (AvgIpc) is 3.48. The molecule has 0 bridgehead atoms. The molecule has 0 radical (unpaired) electrons. The molecule has 3 heterocycles. The number of benzene rings is 3. The summed E-state index contributed by atoms with van der Waals surface area (Å²) < 4.78 is 42.4. The fraction of sp³-hybridized carbons (Fsp3) is 0.208. The minimum absolute atomic E-state index is 0.151. The Kier molecular flexibility index (Phi) is 4.91. The molecular formula is C24H20N4O4S2. The van der Waals surface area contributed by atoms with Gasteiger partial charge >= 0.3 is 0 Å². The first-order chi connectivity index (χ1) is 16.4. The number of hydrogen-bond donors (Lipinski definition) is 0. The van der Waals surface area contributed by atoms with Gasteiger partial charge in [0.15, 0.2) is 5.76 Å². The smallest absolute Gasteiger partial charge is 0.289 e. The molecule has 0 spiro atoms. The largest absolute Gasteiger partial charge is 0.450 e. The van der Waals surface area contributed by atoms with Crippen LogP contribution >= 0.6 is 11.7 Å². The number of furan rings is 1. The zero-order valence-electron chi connectivity index (χ0n) is 18.3. The fourth-order valence-corrected chi connectivity index (χ4v) is 6.73. The van der Waals surface area contributed by atoms with Gasteiger partial charge in [0.2, 0.25) is 10.0 Å². The van der Waals surface area contributed by atoms with Crippen LogP contribution in [0.2, 0.25) is 0 Å². The maximum atomic E-state index is 13.3. The SMILES string of the molecule is Cc1c(C(=O)N2CCN(S(=O)(=O)c3cccc4nsnc34)CC2)oc2c1ccc1ccccc12. The van der Waals surface area contributed by atoms with Crippen molar-refractivity contribution in [2.24, 2.45) is 0 Å². The number of hydrogen-bond acceptors (Lipinski definition) is 7. The van der Waals surface area contributed by atoms with Crippen molar-refractivity contribution >= 4 is 60.4 Å². The highest BCUT2D eigenvalue weighted by atomic mass is 32.2. The van der Waals surface area contributed by atoms with Crippen molar-refractivity contribution in [1.82, 2.24) is 18.0 Å². The molecule has 1 aliphatic rings. The third-order valence-electron chi connectivity index (χ3n) is 6.42. The van der Waals surface area contributed by atoms with Gasteiger partial charge in [0, 0.05) is 42.5 Å². The van der Waals surface area contributed by atoms with E-state index in [0.29, 0.717) is 22.4 Å². The molecule has 1 saturated heterocycles. The van der Waals surface area contributed by atoms with E-state index in [4.69, 9.17) is 4.42 Å². The van der Waals surface area contributed by atoms with Crippen molar-refractivity contribution < 1.29 is 17.6 Å². The molecule has 0 atom stereocenters. The summed E-state index contributed by atoms with van der Waals surface area (Å²) in [6.07, 6.45) is 0. The number of aromatic nitrogens is 2. The molecule has 2 aromatic heterocycles. The summed E-state index contributed by atoms with van der Waals surface area (Å²) in [6.45, 7) is 2.84. The van der Waals surface area contributed by atoms with E-state index >= 15 is 0 Å². The fourth-order valence-electron chi connectivity index (χ4n) is 4.56. The van der Waals surface area contributed by atoms with Crippen molar-refractivity contribution in [1.29, 1.82) is 0 Å². The number of amides is 1. The van der Waals surface area contributed by atoms with Gasteiger partial charge in [0.25, 0.3) is 5.91 Å². The standard InChI is InChI=1S/C24H20N4O4S2/c1-15-17-10-9-16-5-2-3-6-18(16)23(17)32-22(15)24(29)27-11-13-28(14-12-27)34(30,31)20-8-4-7-19-21(20)26-33-25-19/h2-10H,11-14H2,1H3. The average molecular weight is 493 g/mol. The Morgan fingerprint density at radius 3 is 2.56 bits per heavy atom. The molecule has 8 nitrogen and oxygen atoms in total. The monoisotopic (exact) mass is 492 g/mol. The highest BCUT2D eigenvalue weighted by Crippen LogP contribution is 2.33. The maximum Gasteiger partial charge on any atom is 0.289 e. The maximum absolute atomic E-state index is 13.3. The van der Waals surface area contributed by atoms with E-state index in [1.54, 1.807) is 23.1 Å². The lowest BCUT2D eigenvalue weighted by Crippen LogP contribution is -2.50. The van der Waals surface area contributed by atoms with Gasteiger partial charge in [-0.2, -0.15) is 13.1 Å². The molecule has 0 unspecified atom stereocenters. The van der Waals surface area contributed by atoms with E-state index < -0.39 is 10.0 Å². The summed E-state index contributed by atoms with van der Waals surface area (Å²) in [5.74, 6) is 0.0848. The van der Waals surface area contributed by atoms with E-state index in [-0.39, 0.29) is 37.0 Å². The molecule has 6 rings (SSSR count). The number of carbonyl (C=O) groups excluding carboxylic acids is 1. The zero-order valence-corrected chi connectivity index (χ0v) is 19.9. The summed E-state index contributed by atoms with van der Waals surface area (Å²) in [6, 6.07) is 16.9. The highest BCUT2D eigenvalue weighted by molar-refractivity contribution is 7.89. The summed E-state index contributed by atoms with van der Waals surface area (Å²) in [4.78, 5) is 15.1. The molecule has 1 aliphatic heterocycles. The Morgan fingerprint density at radius 2 is 1.74 bits per heavy atom. The van der Waals surface area contributed by atoms with Gasteiger partial charge in [0.05, 0.1) is 11.7 Å². The van der Waals surface area contributed by atoms with E-state index in [0.717, 1.165) is 33.5 Å². The molecule has 0 saturated carbocycles.